The zero-order valence-electron chi connectivity index (χ0n) is 15.8. The van der Waals surface area contributed by atoms with Crippen LogP contribution in [-0.2, 0) is 4.79 Å². The molecular weight excluding hydrogens is 383 g/mol. The van der Waals surface area contributed by atoms with Crippen LogP contribution >= 0.6 is 0 Å². The maximum absolute atomic E-state index is 13.9. The van der Waals surface area contributed by atoms with Crippen LogP contribution in [0.2, 0.25) is 0 Å². The molecule has 3 aromatic carbocycles. The van der Waals surface area contributed by atoms with Crippen LogP contribution < -0.4 is 10.1 Å². The second-order valence-corrected chi connectivity index (χ2v) is 6.24. The van der Waals surface area contributed by atoms with Crippen molar-refractivity contribution in [3.05, 3.63) is 101 Å². The van der Waals surface area contributed by atoms with Gasteiger partial charge in [-0.1, -0.05) is 48.5 Å². The van der Waals surface area contributed by atoms with E-state index in [1.807, 2.05) is 6.07 Å². The van der Waals surface area contributed by atoms with Gasteiger partial charge in [0, 0.05) is 11.1 Å². The van der Waals surface area contributed by atoms with Crippen LogP contribution in [0.4, 0.5) is 4.39 Å². The third kappa shape index (κ3) is 5.40. The molecule has 30 heavy (non-hydrogen) atoms. The first-order valence-electron chi connectivity index (χ1n) is 9.07. The molecule has 0 saturated heterocycles. The number of amides is 1. The highest BCUT2D eigenvalue weighted by atomic mass is 19.1. The van der Waals surface area contributed by atoms with E-state index in [0.717, 1.165) is 0 Å². The minimum atomic E-state index is -0.619. The number of hydrogen-bond donors (Lipinski definition) is 1. The number of ether oxygens (including phenoxy) is 1. The van der Waals surface area contributed by atoms with Crippen molar-refractivity contribution >= 4 is 23.5 Å². The van der Waals surface area contributed by atoms with Gasteiger partial charge in [0.1, 0.15) is 18.1 Å². The molecule has 0 bridgehead atoms. The number of benzene rings is 3. The SMILES string of the molecule is N#C/C(=C/c1ccc(OC(=O)CNC(=O)c2ccccc2)cc1)c1ccccc1F. The number of esters is 1. The van der Waals surface area contributed by atoms with Gasteiger partial charge in [-0.3, -0.25) is 4.79 Å². The quantitative estimate of drug-likeness (QED) is 0.291. The molecule has 1 amide bonds. The smallest absolute Gasteiger partial charge is 0.330 e. The van der Waals surface area contributed by atoms with Crippen molar-refractivity contribution in [1.82, 2.24) is 5.32 Å². The van der Waals surface area contributed by atoms with E-state index < -0.39 is 11.8 Å². The Balaban J connectivity index is 1.60. The van der Waals surface area contributed by atoms with E-state index in [1.54, 1.807) is 72.8 Å². The van der Waals surface area contributed by atoms with E-state index in [2.05, 4.69) is 5.32 Å². The molecule has 6 heteroatoms. The zero-order chi connectivity index (χ0) is 21.3. The van der Waals surface area contributed by atoms with Gasteiger partial charge in [0.05, 0.1) is 11.6 Å². The summed E-state index contributed by atoms with van der Waals surface area (Å²) in [5.74, 6) is -1.18. The summed E-state index contributed by atoms with van der Waals surface area (Å²) in [7, 11) is 0. The van der Waals surface area contributed by atoms with Gasteiger partial charge in [0.2, 0.25) is 0 Å². The van der Waals surface area contributed by atoms with Gasteiger partial charge in [-0.2, -0.15) is 5.26 Å². The van der Waals surface area contributed by atoms with E-state index in [4.69, 9.17) is 4.74 Å². The van der Waals surface area contributed by atoms with Gasteiger partial charge < -0.3 is 10.1 Å². The molecule has 0 aliphatic rings. The lowest BCUT2D eigenvalue weighted by Crippen LogP contribution is -2.31. The average Bonchev–Trinajstić information content (AvgIpc) is 2.78. The lowest BCUT2D eigenvalue weighted by atomic mass is 10.0. The second-order valence-electron chi connectivity index (χ2n) is 6.24. The number of nitriles is 1. The Kier molecular flexibility index (Phi) is 6.70. The number of nitrogens with zero attached hydrogens (tertiary/aromatic N) is 1. The standard InChI is InChI=1S/C24H17FN2O3/c25-22-9-5-4-8-21(22)19(15-26)14-17-10-12-20(13-11-17)30-23(28)16-27-24(29)18-6-2-1-3-7-18/h1-14H,16H2,(H,27,29)/b19-14-. The first-order valence-corrected chi connectivity index (χ1v) is 9.07. The van der Waals surface area contributed by atoms with Crippen molar-refractivity contribution in [3.63, 3.8) is 0 Å². The summed E-state index contributed by atoms with van der Waals surface area (Å²) in [6.07, 6.45) is 1.55. The molecule has 3 rings (SSSR count). The molecule has 148 valence electrons. The topological polar surface area (TPSA) is 79.2 Å². The summed E-state index contributed by atoms with van der Waals surface area (Å²) < 4.78 is 19.1. The van der Waals surface area contributed by atoms with Crippen LogP contribution in [0.3, 0.4) is 0 Å². The molecule has 0 aliphatic heterocycles. The Morgan fingerprint density at radius 2 is 1.63 bits per heavy atom. The first-order chi connectivity index (χ1) is 14.6. The van der Waals surface area contributed by atoms with Gasteiger partial charge in [0.25, 0.3) is 5.91 Å². The van der Waals surface area contributed by atoms with Crippen molar-refractivity contribution < 1.29 is 18.7 Å². The van der Waals surface area contributed by atoms with E-state index in [1.165, 1.54) is 12.1 Å². The summed E-state index contributed by atoms with van der Waals surface area (Å²) in [6.45, 7) is -0.277. The van der Waals surface area contributed by atoms with Crippen LogP contribution in [0.5, 0.6) is 5.75 Å². The summed E-state index contributed by atoms with van der Waals surface area (Å²) >= 11 is 0. The molecule has 3 aromatic rings. The molecule has 0 aromatic heterocycles. The molecule has 0 heterocycles. The summed E-state index contributed by atoms with van der Waals surface area (Å²) in [4.78, 5) is 23.9. The van der Waals surface area contributed by atoms with Gasteiger partial charge >= 0.3 is 5.97 Å². The van der Waals surface area contributed by atoms with E-state index in [-0.39, 0.29) is 29.3 Å². The number of halogens is 1. The maximum atomic E-state index is 13.9. The minimum absolute atomic E-state index is 0.182. The van der Waals surface area contributed by atoms with Crippen LogP contribution in [-0.4, -0.2) is 18.4 Å². The normalized spacial score (nSPS) is 10.7. The first kappa shape index (κ1) is 20.5. The molecule has 0 fully saturated rings. The van der Waals surface area contributed by atoms with Gasteiger partial charge in [-0.05, 0) is 42.0 Å². The van der Waals surface area contributed by atoms with E-state index in [0.29, 0.717) is 11.1 Å². The molecule has 0 spiro atoms. The van der Waals surface area contributed by atoms with E-state index >= 15 is 0 Å². The highest BCUT2D eigenvalue weighted by Crippen LogP contribution is 2.21. The molecule has 0 aliphatic carbocycles. The Hall–Kier alpha value is -4.24. The van der Waals surface area contributed by atoms with E-state index in [9.17, 15) is 19.2 Å². The minimum Gasteiger partial charge on any atom is -0.425 e. The maximum Gasteiger partial charge on any atom is 0.330 e. The van der Waals surface area contributed by atoms with Crippen molar-refractivity contribution in [2.45, 2.75) is 0 Å². The second kappa shape index (κ2) is 9.80. The fourth-order valence-electron chi connectivity index (χ4n) is 2.66. The number of allylic oxidation sites excluding steroid dienone is 1. The van der Waals surface area contributed by atoms with Gasteiger partial charge in [-0.15, -0.1) is 0 Å². The third-order valence-electron chi connectivity index (χ3n) is 4.14. The van der Waals surface area contributed by atoms with Gasteiger partial charge in [0.15, 0.2) is 0 Å². The number of nitrogens with one attached hydrogen (secondary N) is 1. The van der Waals surface area contributed by atoms with Crippen LogP contribution in [0.15, 0.2) is 78.9 Å². The summed E-state index contributed by atoms with van der Waals surface area (Å²) in [5.41, 5.74) is 1.49. The Bertz CT molecular complexity index is 1120. The fraction of sp³-hybridized carbons (Fsp3) is 0.0417. The van der Waals surface area contributed by atoms with Crippen molar-refractivity contribution in [2.24, 2.45) is 0 Å². The predicted molar refractivity (Wildman–Crippen MR) is 111 cm³/mol. The summed E-state index contributed by atoms with van der Waals surface area (Å²) in [6, 6.07) is 23.0. The number of carbonyl (C=O) groups excluding carboxylic acids is 2. The van der Waals surface area contributed by atoms with Crippen molar-refractivity contribution in [3.8, 4) is 11.8 Å². The van der Waals surface area contributed by atoms with Gasteiger partial charge in [-0.25, -0.2) is 9.18 Å². The molecule has 1 N–H and O–H groups in total. The van der Waals surface area contributed by atoms with Crippen molar-refractivity contribution in [2.75, 3.05) is 6.54 Å². The summed E-state index contributed by atoms with van der Waals surface area (Å²) in [5, 5.41) is 11.8. The molecule has 0 saturated carbocycles. The monoisotopic (exact) mass is 400 g/mol. The number of hydrogen-bond acceptors (Lipinski definition) is 4. The molecular formula is C24H17FN2O3. The lowest BCUT2D eigenvalue weighted by Gasteiger charge is -2.07. The zero-order valence-corrected chi connectivity index (χ0v) is 15.8. The van der Waals surface area contributed by atoms with Crippen molar-refractivity contribution in [1.29, 1.82) is 5.26 Å². The number of carbonyl (C=O) groups is 2. The number of rotatable bonds is 6. The van der Waals surface area contributed by atoms with Crippen LogP contribution in [0.1, 0.15) is 21.5 Å². The largest absolute Gasteiger partial charge is 0.425 e. The Morgan fingerprint density at radius 3 is 2.30 bits per heavy atom. The Morgan fingerprint density at radius 1 is 0.967 bits per heavy atom. The molecule has 0 unspecified atom stereocenters. The average molecular weight is 400 g/mol. The highest BCUT2D eigenvalue weighted by Gasteiger charge is 2.10. The molecule has 0 atom stereocenters. The van der Waals surface area contributed by atoms with Crippen LogP contribution in [0.25, 0.3) is 11.6 Å². The third-order valence-corrected chi connectivity index (χ3v) is 4.14. The highest BCUT2D eigenvalue weighted by molar-refractivity contribution is 5.96. The fourth-order valence-corrected chi connectivity index (χ4v) is 2.66. The predicted octanol–water partition coefficient (Wildman–Crippen LogP) is 4.23. The Labute approximate surface area is 173 Å². The molecule has 5 nitrogen and oxygen atoms in total. The lowest BCUT2D eigenvalue weighted by molar-refractivity contribution is -0.133. The van der Waals surface area contributed by atoms with Crippen LogP contribution in [0, 0.1) is 17.1 Å². The molecule has 0 radical (unpaired) electrons.